The van der Waals surface area contributed by atoms with Crippen molar-refractivity contribution >= 4 is 27.9 Å². The van der Waals surface area contributed by atoms with E-state index in [1.807, 2.05) is 0 Å². The SMILES string of the molecule is O=Cc1cc([N+](=O)[O-])c(C(F)F)c(Br)n1. The average Bonchev–Trinajstić information content (AvgIpc) is 2.15. The molecule has 0 N–H and O–H groups in total. The van der Waals surface area contributed by atoms with Gasteiger partial charge in [-0.15, -0.1) is 0 Å². The number of carbonyl (C=O) groups excluding carboxylic acids is 1. The molecule has 0 bridgehead atoms. The van der Waals surface area contributed by atoms with Gasteiger partial charge in [0.15, 0.2) is 6.29 Å². The first-order valence-corrected chi connectivity index (χ1v) is 4.34. The summed E-state index contributed by atoms with van der Waals surface area (Å²) in [7, 11) is 0. The fourth-order valence-corrected chi connectivity index (χ4v) is 1.52. The first kappa shape index (κ1) is 11.6. The summed E-state index contributed by atoms with van der Waals surface area (Å²) in [5.41, 5.74) is -1.93. The van der Waals surface area contributed by atoms with Crippen LogP contribution in [0.25, 0.3) is 0 Å². The van der Waals surface area contributed by atoms with Crippen LogP contribution in [0, 0.1) is 10.1 Å². The largest absolute Gasteiger partial charge is 0.296 e. The van der Waals surface area contributed by atoms with Gasteiger partial charge in [-0.2, -0.15) is 0 Å². The van der Waals surface area contributed by atoms with Gasteiger partial charge < -0.3 is 0 Å². The van der Waals surface area contributed by atoms with Gasteiger partial charge in [-0.25, -0.2) is 13.8 Å². The molecule has 80 valence electrons. The summed E-state index contributed by atoms with van der Waals surface area (Å²) >= 11 is 2.65. The maximum Gasteiger partial charge on any atom is 0.283 e. The van der Waals surface area contributed by atoms with E-state index in [4.69, 9.17) is 0 Å². The van der Waals surface area contributed by atoms with Crippen molar-refractivity contribution in [3.8, 4) is 0 Å². The molecular weight excluding hydrogens is 278 g/mol. The van der Waals surface area contributed by atoms with Crippen LogP contribution >= 0.6 is 15.9 Å². The topological polar surface area (TPSA) is 73.1 Å². The van der Waals surface area contributed by atoms with Gasteiger partial charge in [0.2, 0.25) is 0 Å². The van der Waals surface area contributed by atoms with Gasteiger partial charge in [-0.05, 0) is 15.9 Å². The third-order valence-electron chi connectivity index (χ3n) is 1.55. The Kier molecular flexibility index (Phi) is 3.40. The van der Waals surface area contributed by atoms with Gasteiger partial charge in [-0.3, -0.25) is 14.9 Å². The van der Waals surface area contributed by atoms with Crippen LogP contribution in [0.1, 0.15) is 22.5 Å². The van der Waals surface area contributed by atoms with E-state index in [9.17, 15) is 23.7 Å². The molecule has 5 nitrogen and oxygen atoms in total. The van der Waals surface area contributed by atoms with Gasteiger partial charge in [0.1, 0.15) is 15.9 Å². The Labute approximate surface area is 90.4 Å². The molecule has 1 heterocycles. The van der Waals surface area contributed by atoms with E-state index in [0.29, 0.717) is 6.07 Å². The van der Waals surface area contributed by atoms with Gasteiger partial charge in [0.05, 0.1) is 4.92 Å². The molecule has 0 aromatic carbocycles. The maximum atomic E-state index is 12.4. The molecule has 0 saturated heterocycles. The summed E-state index contributed by atoms with van der Waals surface area (Å²) in [6.07, 6.45) is -2.79. The standard InChI is InChI=1S/C7H3BrF2N2O3/c8-6-5(7(9)10)4(12(14)15)1-3(2-13)11-6/h1-2,7H. The zero-order chi connectivity index (χ0) is 11.6. The highest BCUT2D eigenvalue weighted by Crippen LogP contribution is 2.34. The second kappa shape index (κ2) is 4.39. The normalized spacial score (nSPS) is 10.4. The van der Waals surface area contributed by atoms with Crippen LogP contribution in [-0.2, 0) is 0 Å². The summed E-state index contributed by atoms with van der Waals surface area (Å²) in [6, 6.07) is 0.708. The molecule has 0 aliphatic carbocycles. The van der Waals surface area contributed by atoms with E-state index >= 15 is 0 Å². The lowest BCUT2D eigenvalue weighted by molar-refractivity contribution is -0.386. The van der Waals surface area contributed by atoms with Crippen molar-refractivity contribution in [2.75, 3.05) is 0 Å². The van der Waals surface area contributed by atoms with Crippen LogP contribution in [0.2, 0.25) is 0 Å². The van der Waals surface area contributed by atoms with Gasteiger partial charge >= 0.3 is 0 Å². The molecule has 0 spiro atoms. The van der Waals surface area contributed by atoms with E-state index in [-0.39, 0.29) is 12.0 Å². The van der Waals surface area contributed by atoms with E-state index in [1.165, 1.54) is 0 Å². The number of aldehydes is 1. The predicted octanol–water partition coefficient (Wildman–Crippen LogP) is 2.50. The zero-order valence-corrected chi connectivity index (χ0v) is 8.57. The molecule has 0 aliphatic heterocycles. The Balaban J connectivity index is 3.49. The lowest BCUT2D eigenvalue weighted by Crippen LogP contribution is -2.01. The fraction of sp³-hybridized carbons (Fsp3) is 0.143. The lowest BCUT2D eigenvalue weighted by atomic mass is 10.2. The van der Waals surface area contributed by atoms with Crippen LogP contribution in [0.3, 0.4) is 0 Å². The highest BCUT2D eigenvalue weighted by molar-refractivity contribution is 9.10. The average molecular weight is 281 g/mol. The van der Waals surface area contributed by atoms with Crippen LogP contribution < -0.4 is 0 Å². The molecule has 0 radical (unpaired) electrons. The second-order valence-corrected chi connectivity index (χ2v) is 3.20. The van der Waals surface area contributed by atoms with Gasteiger partial charge in [0, 0.05) is 6.07 Å². The predicted molar refractivity (Wildman–Crippen MR) is 48.9 cm³/mol. The van der Waals surface area contributed by atoms with Crippen LogP contribution in [0.5, 0.6) is 0 Å². The van der Waals surface area contributed by atoms with Gasteiger partial charge in [-0.1, -0.05) is 0 Å². The van der Waals surface area contributed by atoms with E-state index < -0.39 is 27.2 Å². The van der Waals surface area contributed by atoms with Crippen molar-refractivity contribution in [3.63, 3.8) is 0 Å². The highest BCUT2D eigenvalue weighted by atomic mass is 79.9. The van der Waals surface area contributed by atoms with Gasteiger partial charge in [0.25, 0.3) is 12.1 Å². The number of hydrogen-bond donors (Lipinski definition) is 0. The van der Waals surface area contributed by atoms with Crippen molar-refractivity contribution < 1.29 is 18.5 Å². The molecular formula is C7H3BrF2N2O3. The minimum Gasteiger partial charge on any atom is -0.296 e. The third-order valence-corrected chi connectivity index (χ3v) is 2.15. The minimum absolute atomic E-state index is 0.243. The molecule has 1 aromatic rings. The Hall–Kier alpha value is -1.44. The Bertz CT molecular complexity index is 425. The summed E-state index contributed by atoms with van der Waals surface area (Å²) in [5.74, 6) is 0. The van der Waals surface area contributed by atoms with Crippen LogP contribution in [-0.4, -0.2) is 16.2 Å². The zero-order valence-electron chi connectivity index (χ0n) is 6.99. The number of alkyl halides is 2. The van der Waals surface area contributed by atoms with Crippen molar-refractivity contribution in [3.05, 3.63) is 32.0 Å². The monoisotopic (exact) mass is 280 g/mol. The summed E-state index contributed by atoms with van der Waals surface area (Å²) in [5, 5.41) is 10.5. The Morgan fingerprint density at radius 1 is 1.60 bits per heavy atom. The number of aromatic nitrogens is 1. The van der Waals surface area contributed by atoms with E-state index in [0.717, 1.165) is 0 Å². The van der Waals surface area contributed by atoms with Crippen LogP contribution in [0.4, 0.5) is 14.5 Å². The molecule has 8 heteroatoms. The molecule has 0 saturated carbocycles. The van der Waals surface area contributed by atoms with Crippen molar-refractivity contribution in [2.24, 2.45) is 0 Å². The second-order valence-electron chi connectivity index (χ2n) is 2.45. The van der Waals surface area contributed by atoms with Crippen LogP contribution in [0.15, 0.2) is 10.7 Å². The molecule has 0 fully saturated rings. The number of carbonyl (C=O) groups is 1. The summed E-state index contributed by atoms with van der Waals surface area (Å²) < 4.78 is 24.4. The van der Waals surface area contributed by atoms with Crippen molar-refractivity contribution in [1.29, 1.82) is 0 Å². The van der Waals surface area contributed by atoms with E-state index in [2.05, 4.69) is 20.9 Å². The number of pyridine rings is 1. The van der Waals surface area contributed by atoms with Crippen molar-refractivity contribution in [2.45, 2.75) is 6.43 Å². The summed E-state index contributed by atoms with van der Waals surface area (Å²) in [6.45, 7) is 0. The Morgan fingerprint density at radius 2 is 2.20 bits per heavy atom. The molecule has 0 atom stereocenters. The smallest absolute Gasteiger partial charge is 0.283 e. The maximum absolute atomic E-state index is 12.4. The highest BCUT2D eigenvalue weighted by Gasteiger charge is 2.26. The summed E-state index contributed by atoms with van der Waals surface area (Å²) in [4.78, 5) is 23.2. The van der Waals surface area contributed by atoms with E-state index in [1.54, 1.807) is 0 Å². The van der Waals surface area contributed by atoms with Crippen molar-refractivity contribution in [1.82, 2.24) is 4.98 Å². The first-order chi connectivity index (χ1) is 6.97. The lowest BCUT2D eigenvalue weighted by Gasteiger charge is -2.04. The number of nitro groups is 1. The molecule has 0 unspecified atom stereocenters. The Morgan fingerprint density at radius 3 is 2.60 bits per heavy atom. The quantitative estimate of drug-likeness (QED) is 0.369. The fourth-order valence-electron chi connectivity index (χ4n) is 0.943. The number of halogens is 3. The number of nitrogens with zero attached hydrogens (tertiary/aromatic N) is 2. The minimum atomic E-state index is -3.03. The molecule has 0 aliphatic rings. The third kappa shape index (κ3) is 2.32. The molecule has 0 amide bonds. The molecule has 1 aromatic heterocycles. The molecule has 1 rings (SSSR count). The first-order valence-electron chi connectivity index (χ1n) is 3.55. The number of hydrogen-bond acceptors (Lipinski definition) is 4. The molecule has 15 heavy (non-hydrogen) atoms. The number of rotatable bonds is 3.